The van der Waals surface area contributed by atoms with Gasteiger partial charge in [-0.1, -0.05) is 0 Å². The van der Waals surface area contributed by atoms with Gasteiger partial charge in [0.05, 0.1) is 6.07 Å². The molecule has 0 amide bonds. The number of nitrogens with one attached hydrogen (secondary N) is 1. The van der Waals surface area contributed by atoms with Gasteiger partial charge in [-0.25, -0.2) is 0 Å². The normalized spacial score (nSPS) is 6.29. The number of hydrogen-bond acceptors (Lipinski definition) is 2. The Morgan fingerprint density at radius 2 is 2.29 bits per heavy atom. The summed E-state index contributed by atoms with van der Waals surface area (Å²) in [6.07, 6.45) is 0.608. The largest absolute Gasteiger partial charge is 0.412 e. The summed E-state index contributed by atoms with van der Waals surface area (Å²) in [5, 5.41) is 10.8. The van der Waals surface area contributed by atoms with Crippen molar-refractivity contribution in [1.29, 1.82) is 5.26 Å². The molecule has 0 rings (SSSR count). The van der Waals surface area contributed by atoms with Crippen molar-refractivity contribution < 1.29 is 5.48 Å². The third kappa shape index (κ3) is 10.8. The van der Waals surface area contributed by atoms with Crippen molar-refractivity contribution in [2.75, 3.05) is 13.6 Å². The average Bonchev–Trinajstić information content (AvgIpc) is 1.61. The summed E-state index contributed by atoms with van der Waals surface area (Å²) in [4.78, 5) is 0. The Labute approximate surface area is 43.3 Å². The van der Waals surface area contributed by atoms with Crippen molar-refractivity contribution in [2.24, 2.45) is 0 Å². The molecule has 0 atom stereocenters. The Bertz CT molecular complexity index is 57.2. The van der Waals surface area contributed by atoms with Gasteiger partial charge in [0.25, 0.3) is 0 Å². The molecule has 0 unspecified atom stereocenters. The van der Waals surface area contributed by atoms with E-state index in [1.165, 1.54) is 0 Å². The minimum Gasteiger partial charge on any atom is -0.412 e. The molecule has 0 fully saturated rings. The van der Waals surface area contributed by atoms with Crippen LogP contribution in [0.1, 0.15) is 6.42 Å². The molecule has 0 aromatic carbocycles. The van der Waals surface area contributed by atoms with Crippen LogP contribution in [0.5, 0.6) is 0 Å². The summed E-state index contributed by atoms with van der Waals surface area (Å²) in [7, 11) is 1.83. The maximum Gasteiger partial charge on any atom is 0.0635 e. The molecule has 0 aromatic heterocycles. The van der Waals surface area contributed by atoms with E-state index in [1.807, 2.05) is 13.1 Å². The SMILES string of the molecule is CNCCC#N.O. The lowest BCUT2D eigenvalue weighted by Crippen LogP contribution is -2.05. The Kier molecular flexibility index (Phi) is 12.5. The zero-order chi connectivity index (χ0) is 4.83. The van der Waals surface area contributed by atoms with E-state index >= 15 is 0 Å². The summed E-state index contributed by atoms with van der Waals surface area (Å²) in [5.74, 6) is 0. The molecule has 0 heterocycles. The van der Waals surface area contributed by atoms with Crippen LogP contribution in [0.4, 0.5) is 0 Å². The molecule has 0 aromatic rings. The molecule has 3 nitrogen and oxygen atoms in total. The van der Waals surface area contributed by atoms with Crippen LogP contribution in [0.25, 0.3) is 0 Å². The Morgan fingerprint density at radius 3 is 2.43 bits per heavy atom. The lowest BCUT2D eigenvalue weighted by molar-refractivity contribution is 0.813. The molecule has 3 N–H and O–H groups in total. The van der Waals surface area contributed by atoms with E-state index in [0.29, 0.717) is 6.42 Å². The maximum absolute atomic E-state index is 7.91. The highest BCUT2D eigenvalue weighted by atomic mass is 16.0. The predicted octanol–water partition coefficient (Wildman–Crippen LogP) is -0.705. The van der Waals surface area contributed by atoms with E-state index in [0.717, 1.165) is 6.54 Å². The standard InChI is InChI=1S/C4H8N2.H2O/c1-6-4-2-3-5;/h6H,2,4H2,1H3;1H2. The fourth-order valence-corrected chi connectivity index (χ4v) is 0.181. The second-order valence-corrected chi connectivity index (χ2v) is 1.01. The van der Waals surface area contributed by atoms with Crippen molar-refractivity contribution in [3.8, 4) is 6.07 Å². The Balaban J connectivity index is 0. The lowest BCUT2D eigenvalue weighted by Gasteiger charge is -1.82. The molecule has 3 heteroatoms. The first kappa shape index (κ1) is 9.65. The van der Waals surface area contributed by atoms with Crippen molar-refractivity contribution in [1.82, 2.24) is 5.32 Å². The van der Waals surface area contributed by atoms with Gasteiger partial charge in [-0.2, -0.15) is 5.26 Å². The Hall–Kier alpha value is -0.590. The molecule has 0 radical (unpaired) electrons. The number of hydrogen-bond donors (Lipinski definition) is 1. The second kappa shape index (κ2) is 9.05. The topological polar surface area (TPSA) is 67.3 Å². The van der Waals surface area contributed by atoms with Gasteiger partial charge < -0.3 is 10.8 Å². The minimum atomic E-state index is 0. The van der Waals surface area contributed by atoms with E-state index in [1.54, 1.807) is 0 Å². The molecule has 0 saturated heterocycles. The van der Waals surface area contributed by atoms with E-state index in [-0.39, 0.29) is 5.48 Å². The molecule has 7 heavy (non-hydrogen) atoms. The third-order valence-corrected chi connectivity index (χ3v) is 0.487. The van der Waals surface area contributed by atoms with Crippen molar-refractivity contribution in [2.45, 2.75) is 6.42 Å². The van der Waals surface area contributed by atoms with Crippen LogP contribution < -0.4 is 5.32 Å². The average molecular weight is 102 g/mol. The van der Waals surface area contributed by atoms with Crippen LogP contribution in [0.3, 0.4) is 0 Å². The predicted molar refractivity (Wildman–Crippen MR) is 27.8 cm³/mol. The monoisotopic (exact) mass is 102 g/mol. The summed E-state index contributed by atoms with van der Waals surface area (Å²) < 4.78 is 0. The van der Waals surface area contributed by atoms with E-state index in [2.05, 4.69) is 5.32 Å². The quantitative estimate of drug-likeness (QED) is 0.468. The van der Waals surface area contributed by atoms with Crippen LogP contribution in [0.15, 0.2) is 0 Å². The van der Waals surface area contributed by atoms with E-state index in [4.69, 9.17) is 5.26 Å². The molecule has 0 bridgehead atoms. The van der Waals surface area contributed by atoms with Crippen molar-refractivity contribution >= 4 is 0 Å². The molecule has 42 valence electrons. The van der Waals surface area contributed by atoms with Crippen LogP contribution in [-0.2, 0) is 0 Å². The van der Waals surface area contributed by atoms with Gasteiger partial charge in [-0.05, 0) is 7.05 Å². The molecule has 0 spiro atoms. The van der Waals surface area contributed by atoms with Gasteiger partial charge in [0, 0.05) is 13.0 Å². The van der Waals surface area contributed by atoms with Gasteiger partial charge in [-0.15, -0.1) is 0 Å². The van der Waals surface area contributed by atoms with Gasteiger partial charge in [0.2, 0.25) is 0 Å². The number of nitrogens with zero attached hydrogens (tertiary/aromatic N) is 1. The Morgan fingerprint density at radius 1 is 1.71 bits per heavy atom. The summed E-state index contributed by atoms with van der Waals surface area (Å²) in [5.41, 5.74) is 0. The fourth-order valence-electron chi connectivity index (χ4n) is 0.181. The highest BCUT2D eigenvalue weighted by molar-refractivity contribution is 4.68. The molecular weight excluding hydrogens is 92.1 g/mol. The van der Waals surface area contributed by atoms with Crippen LogP contribution >= 0.6 is 0 Å². The number of nitriles is 1. The minimum absolute atomic E-state index is 0. The molecule has 0 aliphatic heterocycles. The van der Waals surface area contributed by atoms with Crippen molar-refractivity contribution in [3.63, 3.8) is 0 Å². The zero-order valence-electron chi connectivity index (χ0n) is 4.36. The van der Waals surface area contributed by atoms with Crippen LogP contribution in [0, 0.1) is 11.3 Å². The van der Waals surface area contributed by atoms with E-state index in [9.17, 15) is 0 Å². The fraction of sp³-hybridized carbons (Fsp3) is 0.750. The maximum atomic E-state index is 7.91. The molecule has 0 aliphatic carbocycles. The third-order valence-electron chi connectivity index (χ3n) is 0.487. The number of rotatable bonds is 2. The van der Waals surface area contributed by atoms with Gasteiger partial charge in [0.15, 0.2) is 0 Å². The van der Waals surface area contributed by atoms with E-state index < -0.39 is 0 Å². The van der Waals surface area contributed by atoms with Gasteiger partial charge in [-0.3, -0.25) is 0 Å². The lowest BCUT2D eigenvalue weighted by atomic mass is 10.5. The first-order chi connectivity index (χ1) is 2.91. The first-order valence-electron chi connectivity index (χ1n) is 1.93. The second-order valence-electron chi connectivity index (χ2n) is 1.01. The van der Waals surface area contributed by atoms with Crippen molar-refractivity contribution in [3.05, 3.63) is 0 Å². The highest BCUT2D eigenvalue weighted by Gasteiger charge is 1.71. The highest BCUT2D eigenvalue weighted by Crippen LogP contribution is 1.63. The first-order valence-corrected chi connectivity index (χ1v) is 1.93. The van der Waals surface area contributed by atoms with Crippen LogP contribution in [0.2, 0.25) is 0 Å². The zero-order valence-corrected chi connectivity index (χ0v) is 4.36. The van der Waals surface area contributed by atoms with Gasteiger partial charge >= 0.3 is 0 Å². The summed E-state index contributed by atoms with van der Waals surface area (Å²) in [6, 6.07) is 2.01. The summed E-state index contributed by atoms with van der Waals surface area (Å²) >= 11 is 0. The summed E-state index contributed by atoms with van der Waals surface area (Å²) in [6.45, 7) is 0.802. The molecule has 0 aliphatic rings. The smallest absolute Gasteiger partial charge is 0.0635 e. The molecule has 0 saturated carbocycles. The van der Waals surface area contributed by atoms with Crippen LogP contribution in [-0.4, -0.2) is 19.1 Å². The molecular formula is C4H10N2O. The van der Waals surface area contributed by atoms with Gasteiger partial charge in [0.1, 0.15) is 0 Å².